The highest BCUT2D eigenvalue weighted by atomic mass is 19.1. The number of nitro benzene ring substituents is 1. The van der Waals surface area contributed by atoms with Crippen LogP contribution in [0.2, 0.25) is 0 Å². The first-order chi connectivity index (χ1) is 7.43. The van der Waals surface area contributed by atoms with Crippen LogP contribution < -0.4 is 11.5 Å². The molecule has 1 atom stereocenters. The van der Waals surface area contributed by atoms with Crippen molar-refractivity contribution in [3.63, 3.8) is 0 Å². The van der Waals surface area contributed by atoms with Crippen LogP contribution in [-0.4, -0.2) is 16.9 Å². The average molecular weight is 227 g/mol. The number of halogens is 1. The van der Waals surface area contributed by atoms with E-state index in [1.807, 2.05) is 0 Å². The maximum Gasteiger partial charge on any atom is 0.305 e. The number of hydrogen-bond acceptors (Lipinski definition) is 4. The van der Waals surface area contributed by atoms with Crippen molar-refractivity contribution in [1.82, 2.24) is 0 Å². The molecule has 0 aliphatic heterocycles. The number of amides is 1. The lowest BCUT2D eigenvalue weighted by atomic mass is 10.0. The normalized spacial score (nSPS) is 12.1. The van der Waals surface area contributed by atoms with Gasteiger partial charge < -0.3 is 11.5 Å². The zero-order chi connectivity index (χ0) is 12.3. The van der Waals surface area contributed by atoms with Gasteiger partial charge in [0.15, 0.2) is 0 Å². The third-order valence-corrected chi connectivity index (χ3v) is 2.06. The number of benzene rings is 1. The maximum absolute atomic E-state index is 13.5. The topological polar surface area (TPSA) is 112 Å². The Balaban J connectivity index is 3.02. The van der Waals surface area contributed by atoms with Crippen molar-refractivity contribution >= 4 is 11.6 Å². The van der Waals surface area contributed by atoms with Gasteiger partial charge in [0.05, 0.1) is 11.0 Å². The molecule has 7 heteroatoms. The minimum atomic E-state index is -1.06. The summed E-state index contributed by atoms with van der Waals surface area (Å²) < 4.78 is 13.5. The predicted molar refractivity (Wildman–Crippen MR) is 53.9 cm³/mol. The molecule has 0 fully saturated rings. The fraction of sp³-hybridized carbons (Fsp3) is 0.222. The summed E-state index contributed by atoms with van der Waals surface area (Å²) in [5.74, 6) is -1.77. The fourth-order valence-corrected chi connectivity index (χ4v) is 1.20. The highest BCUT2D eigenvalue weighted by molar-refractivity contribution is 5.79. The molecule has 0 bridgehead atoms. The number of carbonyl (C=O) groups is 1. The van der Waals surface area contributed by atoms with Gasteiger partial charge in [0.2, 0.25) is 11.7 Å². The van der Waals surface area contributed by atoms with Gasteiger partial charge in [0.25, 0.3) is 0 Å². The summed E-state index contributed by atoms with van der Waals surface area (Å²) in [6.45, 7) is 0. The third kappa shape index (κ3) is 2.51. The quantitative estimate of drug-likeness (QED) is 0.560. The molecule has 1 unspecified atom stereocenters. The van der Waals surface area contributed by atoms with Gasteiger partial charge >= 0.3 is 5.69 Å². The molecular formula is C9H10FN3O3. The molecule has 0 aliphatic rings. The molecule has 1 rings (SSSR count). The highest BCUT2D eigenvalue weighted by Crippen LogP contribution is 2.20. The monoisotopic (exact) mass is 227 g/mol. The Hall–Kier alpha value is -2.02. The van der Waals surface area contributed by atoms with Crippen LogP contribution in [0.1, 0.15) is 5.56 Å². The van der Waals surface area contributed by atoms with Gasteiger partial charge in [-0.3, -0.25) is 14.9 Å². The first kappa shape index (κ1) is 12.1. The molecular weight excluding hydrogens is 217 g/mol. The molecule has 1 aromatic rings. The Bertz CT molecular complexity index is 436. The summed E-state index contributed by atoms with van der Waals surface area (Å²) in [5.41, 5.74) is 9.60. The van der Waals surface area contributed by atoms with Crippen LogP contribution in [0.4, 0.5) is 10.1 Å². The van der Waals surface area contributed by atoms with Crippen molar-refractivity contribution in [2.75, 3.05) is 0 Å². The van der Waals surface area contributed by atoms with Crippen molar-refractivity contribution in [2.24, 2.45) is 11.5 Å². The second-order valence-corrected chi connectivity index (χ2v) is 3.22. The second kappa shape index (κ2) is 4.67. The second-order valence-electron chi connectivity index (χ2n) is 3.22. The van der Waals surface area contributed by atoms with E-state index in [4.69, 9.17) is 11.5 Å². The minimum Gasteiger partial charge on any atom is -0.368 e. The summed E-state index contributed by atoms with van der Waals surface area (Å²) in [5, 5.41) is 10.4. The minimum absolute atomic E-state index is 0.000463. The zero-order valence-corrected chi connectivity index (χ0v) is 8.22. The molecule has 1 amide bonds. The predicted octanol–water partition coefficient (Wildman–Crippen LogP) is 0.0890. The van der Waals surface area contributed by atoms with E-state index in [1.165, 1.54) is 12.1 Å². The number of nitro groups is 1. The first-order valence-corrected chi connectivity index (χ1v) is 4.40. The number of carbonyl (C=O) groups excluding carboxylic acids is 1. The lowest BCUT2D eigenvalue weighted by molar-refractivity contribution is -0.387. The van der Waals surface area contributed by atoms with Crippen molar-refractivity contribution in [2.45, 2.75) is 12.5 Å². The molecule has 6 nitrogen and oxygen atoms in total. The van der Waals surface area contributed by atoms with E-state index in [-0.39, 0.29) is 12.0 Å². The number of primary amides is 1. The van der Waals surface area contributed by atoms with E-state index in [0.29, 0.717) is 0 Å². The van der Waals surface area contributed by atoms with Crippen molar-refractivity contribution < 1.29 is 14.1 Å². The van der Waals surface area contributed by atoms with Crippen LogP contribution in [0, 0.1) is 15.9 Å². The van der Waals surface area contributed by atoms with Gasteiger partial charge in [-0.15, -0.1) is 0 Å². The van der Waals surface area contributed by atoms with Gasteiger partial charge in [-0.25, -0.2) is 0 Å². The Kier molecular flexibility index (Phi) is 3.51. The first-order valence-electron chi connectivity index (χ1n) is 4.40. The summed E-state index contributed by atoms with van der Waals surface area (Å²) in [6.07, 6.45) is -0.164. The Morgan fingerprint density at radius 3 is 2.69 bits per heavy atom. The van der Waals surface area contributed by atoms with Crippen LogP contribution in [0.5, 0.6) is 0 Å². The molecule has 1 aromatic carbocycles. The van der Waals surface area contributed by atoms with Crippen molar-refractivity contribution in [3.05, 3.63) is 39.7 Å². The summed E-state index contributed by atoms with van der Waals surface area (Å²) in [7, 11) is 0. The summed E-state index contributed by atoms with van der Waals surface area (Å²) >= 11 is 0. The number of nitrogens with zero attached hydrogens (tertiary/aromatic N) is 1. The number of rotatable bonds is 4. The van der Waals surface area contributed by atoms with Crippen molar-refractivity contribution in [3.8, 4) is 0 Å². The van der Waals surface area contributed by atoms with E-state index >= 15 is 0 Å². The molecule has 86 valence electrons. The van der Waals surface area contributed by atoms with Crippen LogP contribution in [0.15, 0.2) is 18.2 Å². The third-order valence-electron chi connectivity index (χ3n) is 2.06. The van der Waals surface area contributed by atoms with Crippen molar-refractivity contribution in [1.29, 1.82) is 0 Å². The lowest BCUT2D eigenvalue weighted by Gasteiger charge is -2.07. The molecule has 0 heterocycles. The van der Waals surface area contributed by atoms with E-state index in [1.54, 1.807) is 0 Å². The van der Waals surface area contributed by atoms with Gasteiger partial charge in [0.1, 0.15) is 0 Å². The van der Waals surface area contributed by atoms with Gasteiger partial charge in [-0.1, -0.05) is 12.1 Å². The van der Waals surface area contributed by atoms with Gasteiger partial charge in [-0.2, -0.15) is 4.39 Å². The van der Waals surface area contributed by atoms with E-state index in [2.05, 4.69) is 0 Å². The smallest absolute Gasteiger partial charge is 0.305 e. The highest BCUT2D eigenvalue weighted by Gasteiger charge is 2.20. The molecule has 0 aromatic heterocycles. The summed E-state index contributed by atoms with van der Waals surface area (Å²) in [6, 6.07) is 2.63. The Labute approximate surface area is 90.2 Å². The summed E-state index contributed by atoms with van der Waals surface area (Å²) in [4.78, 5) is 20.3. The van der Waals surface area contributed by atoms with Gasteiger partial charge in [0, 0.05) is 6.07 Å². The largest absolute Gasteiger partial charge is 0.368 e. The van der Waals surface area contributed by atoms with Crippen LogP contribution >= 0.6 is 0 Å². The van der Waals surface area contributed by atoms with Crippen LogP contribution in [0.25, 0.3) is 0 Å². The Morgan fingerprint density at radius 1 is 1.56 bits per heavy atom. The van der Waals surface area contributed by atoms with Crippen LogP contribution in [0.3, 0.4) is 0 Å². The average Bonchev–Trinajstić information content (AvgIpc) is 2.20. The lowest BCUT2D eigenvalue weighted by Crippen LogP contribution is -2.38. The SMILES string of the molecule is NC(=O)C(N)Cc1cccc([N+](=O)[O-])c1F. The number of hydrogen-bond donors (Lipinski definition) is 2. The molecule has 16 heavy (non-hydrogen) atoms. The van der Waals surface area contributed by atoms with Gasteiger partial charge in [-0.05, 0) is 12.0 Å². The molecule has 4 N–H and O–H groups in total. The molecule has 0 saturated heterocycles. The maximum atomic E-state index is 13.5. The molecule has 0 radical (unpaired) electrons. The molecule has 0 aliphatic carbocycles. The number of nitrogens with two attached hydrogens (primary N) is 2. The fourth-order valence-electron chi connectivity index (χ4n) is 1.20. The molecule has 0 saturated carbocycles. The van der Waals surface area contributed by atoms with E-state index in [0.717, 1.165) is 6.07 Å². The molecule has 0 spiro atoms. The standard InChI is InChI=1S/C9H10FN3O3/c10-8-5(4-6(11)9(12)14)2-1-3-7(8)13(15)16/h1-3,6H,4,11H2,(H2,12,14). The van der Waals surface area contributed by atoms with E-state index in [9.17, 15) is 19.3 Å². The van der Waals surface area contributed by atoms with E-state index < -0.39 is 28.4 Å². The van der Waals surface area contributed by atoms with Crippen LogP contribution in [-0.2, 0) is 11.2 Å². The Morgan fingerprint density at radius 2 is 2.19 bits per heavy atom. The zero-order valence-electron chi connectivity index (χ0n) is 8.22.